The molecule has 1 aromatic rings. The minimum absolute atomic E-state index is 0. The fraction of sp³-hybridized carbons (Fsp3) is 0.780. The number of thioether (sulfide) groups is 1. The maximum atomic E-state index is 8.56. The molecule has 7 rings (SSSR count). The molecule has 3 unspecified atom stereocenters. The number of hydrogen-bond donors (Lipinski definition) is 12. The normalized spacial score (nSPS) is 22.8. The van der Waals surface area contributed by atoms with Gasteiger partial charge in [0.2, 0.25) is 0 Å². The van der Waals surface area contributed by atoms with E-state index in [1.165, 1.54) is 50.2 Å². The molecule has 5 saturated heterocycles. The van der Waals surface area contributed by atoms with Crippen LogP contribution in [0.4, 0.5) is 0 Å². The van der Waals surface area contributed by atoms with Gasteiger partial charge in [0.1, 0.15) is 5.84 Å². The van der Waals surface area contributed by atoms with Gasteiger partial charge in [0, 0.05) is 110 Å². The summed E-state index contributed by atoms with van der Waals surface area (Å²) < 4.78 is 0. The second-order valence-corrected chi connectivity index (χ2v) is 16.9. The Kier molecular flexibility index (Phi) is 36.8. The smallest absolute Gasteiger partial charge is 0.101 e. The van der Waals surface area contributed by atoms with Gasteiger partial charge in [-0.3, -0.25) is 21.8 Å². The van der Waals surface area contributed by atoms with E-state index in [4.69, 9.17) is 31.3 Å². The van der Waals surface area contributed by atoms with Gasteiger partial charge >= 0.3 is 0 Å². The Labute approximate surface area is 369 Å². The summed E-state index contributed by atoms with van der Waals surface area (Å²) in [4.78, 5) is 8.69. The SMILES string of the molecule is C1SC2CNC1C2.C=[C-]N1CCNCC1.CC1CCNCC(C)(C)C1.NC(CO)CO.OCCN1CCNCC1.OCNCO.[W].c1ccc(CC2=NCCN2)cc1. The monoisotopic (exact) mass is 1010 g/mol. The average Bonchev–Trinajstić information content (AvgIpc) is 4.02. The first kappa shape index (κ1) is 56.8. The van der Waals surface area contributed by atoms with Gasteiger partial charge in [0.05, 0.1) is 45.9 Å². The molecule has 17 heteroatoms. The van der Waals surface area contributed by atoms with Gasteiger partial charge < -0.3 is 69.0 Å². The molecular formula is C41H81N10O5SW-. The first-order valence-electron chi connectivity index (χ1n) is 20.9. The van der Waals surface area contributed by atoms with Crippen LogP contribution in [0.3, 0.4) is 0 Å². The van der Waals surface area contributed by atoms with Crippen LogP contribution in [0.25, 0.3) is 0 Å². The molecule has 3 atom stereocenters. The molecule has 1 aromatic carbocycles. The Hall–Kier alpha value is -1.21. The van der Waals surface area contributed by atoms with E-state index in [0.717, 1.165) is 101 Å². The third kappa shape index (κ3) is 30.8. The van der Waals surface area contributed by atoms with Crippen LogP contribution in [-0.2, 0) is 27.5 Å². The van der Waals surface area contributed by atoms with E-state index < -0.39 is 6.04 Å². The predicted molar refractivity (Wildman–Crippen MR) is 237 cm³/mol. The zero-order chi connectivity index (χ0) is 42.0. The fourth-order valence-corrected chi connectivity index (χ4v) is 7.88. The molecule has 0 aliphatic carbocycles. The maximum Gasteiger partial charge on any atom is 0.101 e. The van der Waals surface area contributed by atoms with Crippen molar-refractivity contribution >= 4 is 17.6 Å². The topological polar surface area (TPSA) is 218 Å². The van der Waals surface area contributed by atoms with Crippen molar-refractivity contribution in [2.24, 2.45) is 22.1 Å². The van der Waals surface area contributed by atoms with Gasteiger partial charge in [-0.2, -0.15) is 11.8 Å². The zero-order valence-corrected chi connectivity index (χ0v) is 39.6. The number of nitrogens with zero attached hydrogens (tertiary/aromatic N) is 3. The first-order chi connectivity index (χ1) is 27.6. The molecule has 2 bridgehead atoms. The molecule has 0 spiro atoms. The molecule has 6 heterocycles. The number of fused-ring (bicyclic) bond motifs is 2. The largest absolute Gasteiger partial charge is 0.553 e. The number of rotatable bonds is 9. The number of piperazine rings is 2. The minimum Gasteiger partial charge on any atom is -0.553 e. The number of hydrogen-bond acceptors (Lipinski definition) is 16. The molecule has 0 radical (unpaired) electrons. The second-order valence-electron chi connectivity index (χ2n) is 15.6. The van der Waals surface area contributed by atoms with Crippen molar-refractivity contribution in [3.63, 3.8) is 0 Å². The van der Waals surface area contributed by atoms with Crippen LogP contribution in [0.1, 0.15) is 45.6 Å². The third-order valence-corrected chi connectivity index (χ3v) is 11.1. The number of aliphatic imine (C=N–C) groups is 1. The van der Waals surface area contributed by atoms with Crippen LogP contribution in [0.5, 0.6) is 0 Å². The van der Waals surface area contributed by atoms with Gasteiger partial charge in [-0.1, -0.05) is 51.1 Å². The van der Waals surface area contributed by atoms with Gasteiger partial charge in [-0.15, -0.1) is 0 Å². The minimum atomic E-state index is -0.454. The van der Waals surface area contributed by atoms with Crippen molar-refractivity contribution in [1.29, 1.82) is 0 Å². The molecule has 15 nitrogen and oxygen atoms in total. The Morgan fingerprint density at radius 2 is 1.59 bits per heavy atom. The van der Waals surface area contributed by atoms with Gasteiger partial charge in [-0.25, -0.2) is 0 Å². The van der Waals surface area contributed by atoms with Gasteiger partial charge in [-0.05, 0) is 55.8 Å². The standard InChI is InChI=1S/C10H12N2.C9H19N.C6H14N2O.C6H11N2.C5H9NS.C3H9NO2.C2H7NO2.W/c1-2-4-9(5-3-1)8-10-11-6-7-12-10;1-8-4-5-10-7-9(2,3)6-8;9-6-5-8-3-1-7-2-4-8;1-2-8-5-3-7-4-6-8;1-4-3-7-5(1)2-6-4;4-3(1-5)2-6;4-1-3-2-5;/h1-5H,6-8H2,(H,11,12);8,10H,4-7H2,1-3H3;7,9H,1-6H2;7H,1,3-6H2;4-6H,1-3H2;3,5-6H,1-2,4H2;3-5H,1-2H2;/q;;;-1;;;;. The number of nitrogens with one attached hydrogen (secondary N) is 6. The van der Waals surface area contributed by atoms with Crippen LogP contribution < -0.4 is 37.6 Å². The molecule has 5 fully saturated rings. The van der Waals surface area contributed by atoms with Crippen LogP contribution in [0.15, 0.2) is 41.9 Å². The van der Waals surface area contributed by atoms with Crippen LogP contribution >= 0.6 is 11.8 Å². The van der Waals surface area contributed by atoms with Crippen molar-refractivity contribution in [1.82, 2.24) is 41.7 Å². The molecule has 338 valence electrons. The molecule has 0 aromatic heterocycles. The van der Waals surface area contributed by atoms with Crippen molar-refractivity contribution in [2.75, 3.05) is 131 Å². The maximum absolute atomic E-state index is 8.56. The number of benzene rings is 1. The summed E-state index contributed by atoms with van der Waals surface area (Å²) >= 11 is 2.13. The number of aliphatic hydroxyl groups is 5. The zero-order valence-electron chi connectivity index (χ0n) is 35.8. The van der Waals surface area contributed by atoms with Crippen molar-refractivity contribution < 1.29 is 46.6 Å². The summed E-state index contributed by atoms with van der Waals surface area (Å²) in [6, 6.07) is 10.8. The summed E-state index contributed by atoms with van der Waals surface area (Å²) in [5, 5.41) is 60.1. The Morgan fingerprint density at radius 3 is 1.98 bits per heavy atom. The summed E-state index contributed by atoms with van der Waals surface area (Å²) in [5.74, 6) is 3.40. The van der Waals surface area contributed by atoms with Crippen molar-refractivity contribution in [3.8, 4) is 0 Å². The summed E-state index contributed by atoms with van der Waals surface area (Å²) in [6.45, 7) is 25.3. The van der Waals surface area contributed by atoms with E-state index in [9.17, 15) is 0 Å². The van der Waals surface area contributed by atoms with E-state index >= 15 is 0 Å². The number of amidine groups is 1. The molecule has 58 heavy (non-hydrogen) atoms. The van der Waals surface area contributed by atoms with Crippen LogP contribution in [0.2, 0.25) is 0 Å². The number of nitrogens with two attached hydrogens (primary N) is 1. The molecule has 6 aliphatic heterocycles. The summed E-state index contributed by atoms with van der Waals surface area (Å²) in [6.07, 6.45) is 7.95. The van der Waals surface area contributed by atoms with E-state index in [-0.39, 0.29) is 47.7 Å². The quantitative estimate of drug-likeness (QED) is 0.108. The first-order valence-corrected chi connectivity index (χ1v) is 21.9. The molecular weight excluding hydrogens is 928 g/mol. The van der Waals surface area contributed by atoms with Crippen LogP contribution in [0, 0.1) is 17.5 Å². The Bertz CT molecular complexity index is 1080. The van der Waals surface area contributed by atoms with Crippen LogP contribution in [-0.4, -0.2) is 189 Å². The summed E-state index contributed by atoms with van der Waals surface area (Å²) in [5.41, 5.74) is 6.82. The summed E-state index contributed by atoms with van der Waals surface area (Å²) in [7, 11) is 0. The molecule has 6 aliphatic rings. The Balaban J connectivity index is 0.000000663. The van der Waals surface area contributed by atoms with E-state index in [1.54, 1.807) is 0 Å². The number of β-amino-alcohol motifs (C(OH)–C–C–N with tert-alkyl or cyclic N) is 1. The molecule has 0 amide bonds. The van der Waals surface area contributed by atoms with E-state index in [1.807, 2.05) is 6.07 Å². The average molecular weight is 1010 g/mol. The fourth-order valence-electron chi connectivity index (χ4n) is 6.54. The van der Waals surface area contributed by atoms with Crippen molar-refractivity contribution in [2.45, 2.75) is 63.8 Å². The predicted octanol–water partition coefficient (Wildman–Crippen LogP) is -0.780. The Morgan fingerprint density at radius 1 is 0.948 bits per heavy atom. The molecule has 13 N–H and O–H groups in total. The van der Waals surface area contributed by atoms with E-state index in [0.29, 0.717) is 12.0 Å². The van der Waals surface area contributed by atoms with E-state index in [2.05, 4.69) is 116 Å². The third-order valence-electron chi connectivity index (χ3n) is 9.65. The van der Waals surface area contributed by atoms with Gasteiger partial charge in [0.25, 0.3) is 0 Å². The number of aliphatic hydroxyl groups excluding tert-OH is 5. The second kappa shape index (κ2) is 37.5. The molecule has 0 saturated carbocycles. The van der Waals surface area contributed by atoms with Crippen molar-refractivity contribution in [3.05, 3.63) is 48.7 Å². The van der Waals surface area contributed by atoms with Gasteiger partial charge in [0.15, 0.2) is 0 Å².